The number of nitrogens with one attached hydrogen (secondary N) is 2. The minimum atomic E-state index is -0.309. The number of rotatable bonds is 7. The number of carbonyl (C=O) groups excluding carboxylic acids is 1. The van der Waals surface area contributed by atoms with E-state index in [1.165, 1.54) is 0 Å². The first-order chi connectivity index (χ1) is 15.4. The van der Waals surface area contributed by atoms with Gasteiger partial charge in [0.2, 0.25) is 5.91 Å². The van der Waals surface area contributed by atoms with Crippen LogP contribution in [0.4, 0.5) is 0 Å². The van der Waals surface area contributed by atoms with Gasteiger partial charge >= 0.3 is 0 Å². The molecule has 1 amide bonds. The molecular formula is C26H26IN3O2. The quantitative estimate of drug-likeness (QED) is 0.296. The summed E-state index contributed by atoms with van der Waals surface area (Å²) >= 11 is 2.20. The zero-order valence-corrected chi connectivity index (χ0v) is 20.5. The molecule has 1 aromatic heterocycles. The number of nitrogens with zero attached hydrogens (tertiary/aromatic N) is 1. The SMILES string of the molecule is Cc1ccc(C(NC(=O)Cc2ccc3[nH]nc(I)c3c2)c2ccccc2)c(OC(C)C)c1. The molecule has 0 aliphatic carbocycles. The highest BCUT2D eigenvalue weighted by atomic mass is 127. The third kappa shape index (κ3) is 5.12. The lowest BCUT2D eigenvalue weighted by Crippen LogP contribution is -2.31. The van der Waals surface area contributed by atoms with Gasteiger partial charge in [-0.3, -0.25) is 9.89 Å². The topological polar surface area (TPSA) is 67.0 Å². The van der Waals surface area contributed by atoms with Crippen molar-refractivity contribution in [3.63, 3.8) is 0 Å². The third-order valence-corrected chi connectivity index (χ3v) is 6.05. The highest BCUT2D eigenvalue weighted by Crippen LogP contribution is 2.32. The Labute approximate surface area is 201 Å². The van der Waals surface area contributed by atoms with Crippen molar-refractivity contribution in [2.45, 2.75) is 39.3 Å². The van der Waals surface area contributed by atoms with Gasteiger partial charge in [0.1, 0.15) is 9.45 Å². The molecule has 4 rings (SSSR count). The molecule has 0 saturated heterocycles. The van der Waals surface area contributed by atoms with E-state index in [0.717, 1.165) is 42.6 Å². The molecule has 1 heterocycles. The predicted molar refractivity (Wildman–Crippen MR) is 136 cm³/mol. The van der Waals surface area contributed by atoms with Crippen LogP contribution in [0.15, 0.2) is 66.7 Å². The van der Waals surface area contributed by atoms with E-state index in [1.807, 2.05) is 81.4 Å². The molecule has 0 aliphatic heterocycles. The average Bonchev–Trinajstić information content (AvgIpc) is 3.13. The van der Waals surface area contributed by atoms with E-state index < -0.39 is 0 Å². The van der Waals surface area contributed by atoms with Crippen LogP contribution in [-0.2, 0) is 11.2 Å². The van der Waals surface area contributed by atoms with Gasteiger partial charge in [0.25, 0.3) is 0 Å². The number of H-pyrrole nitrogens is 1. The van der Waals surface area contributed by atoms with Gasteiger partial charge in [0.05, 0.1) is 24.1 Å². The highest BCUT2D eigenvalue weighted by molar-refractivity contribution is 14.1. The zero-order valence-electron chi connectivity index (χ0n) is 18.4. The number of aryl methyl sites for hydroxylation is 1. The van der Waals surface area contributed by atoms with E-state index in [0.29, 0.717) is 0 Å². The number of amides is 1. The fourth-order valence-corrected chi connectivity index (χ4v) is 4.33. The van der Waals surface area contributed by atoms with Gasteiger partial charge < -0.3 is 10.1 Å². The van der Waals surface area contributed by atoms with E-state index in [-0.39, 0.29) is 24.5 Å². The number of fused-ring (bicyclic) bond motifs is 1. The first kappa shape index (κ1) is 22.3. The van der Waals surface area contributed by atoms with Crippen molar-refractivity contribution in [1.82, 2.24) is 15.5 Å². The first-order valence-electron chi connectivity index (χ1n) is 10.6. The van der Waals surface area contributed by atoms with Gasteiger partial charge in [-0.25, -0.2) is 0 Å². The number of aromatic nitrogens is 2. The molecular weight excluding hydrogens is 513 g/mol. The Morgan fingerprint density at radius 1 is 1.09 bits per heavy atom. The number of hydrogen-bond acceptors (Lipinski definition) is 3. The van der Waals surface area contributed by atoms with Gasteiger partial charge in [-0.15, -0.1) is 0 Å². The Bertz CT molecular complexity index is 1230. The summed E-state index contributed by atoms with van der Waals surface area (Å²) in [7, 11) is 0. The molecule has 1 atom stereocenters. The maximum absolute atomic E-state index is 13.2. The molecule has 5 nitrogen and oxygen atoms in total. The summed E-state index contributed by atoms with van der Waals surface area (Å²) in [6.45, 7) is 6.06. The van der Waals surface area contributed by atoms with Gasteiger partial charge in [0, 0.05) is 10.9 Å². The van der Waals surface area contributed by atoms with Crippen LogP contribution in [0.3, 0.4) is 0 Å². The Morgan fingerprint density at radius 2 is 1.88 bits per heavy atom. The van der Waals surface area contributed by atoms with Crippen LogP contribution in [0.5, 0.6) is 5.75 Å². The van der Waals surface area contributed by atoms with Gasteiger partial charge in [0.15, 0.2) is 0 Å². The van der Waals surface area contributed by atoms with Crippen LogP contribution in [0.1, 0.15) is 42.1 Å². The number of halogens is 1. The summed E-state index contributed by atoms with van der Waals surface area (Å²) in [6.07, 6.45) is 0.319. The predicted octanol–water partition coefficient (Wildman–Crippen LogP) is 5.71. The van der Waals surface area contributed by atoms with Crippen molar-refractivity contribution in [3.8, 4) is 5.75 Å². The third-order valence-electron chi connectivity index (χ3n) is 5.23. The molecule has 164 valence electrons. The minimum Gasteiger partial charge on any atom is -0.491 e. The first-order valence-corrected chi connectivity index (χ1v) is 11.7. The van der Waals surface area contributed by atoms with Crippen LogP contribution >= 0.6 is 22.6 Å². The van der Waals surface area contributed by atoms with E-state index >= 15 is 0 Å². The molecule has 6 heteroatoms. The van der Waals surface area contributed by atoms with Crippen LogP contribution in [0.2, 0.25) is 0 Å². The lowest BCUT2D eigenvalue weighted by molar-refractivity contribution is -0.120. The molecule has 4 aromatic rings. The van der Waals surface area contributed by atoms with Crippen molar-refractivity contribution in [2.24, 2.45) is 0 Å². The summed E-state index contributed by atoms with van der Waals surface area (Å²) in [4.78, 5) is 13.2. The lowest BCUT2D eigenvalue weighted by atomic mass is 9.96. The normalized spacial score (nSPS) is 12.2. The monoisotopic (exact) mass is 539 g/mol. The van der Waals surface area contributed by atoms with Crippen molar-refractivity contribution in [2.75, 3.05) is 0 Å². The maximum atomic E-state index is 13.2. The molecule has 0 spiro atoms. The Balaban J connectivity index is 1.64. The molecule has 2 N–H and O–H groups in total. The summed E-state index contributed by atoms with van der Waals surface area (Å²) in [5.41, 5.74) is 4.99. The Kier molecular flexibility index (Phi) is 6.79. The zero-order chi connectivity index (χ0) is 22.7. The second-order valence-corrected chi connectivity index (χ2v) is 9.21. The van der Waals surface area contributed by atoms with Crippen LogP contribution in [0, 0.1) is 10.6 Å². The fourth-order valence-electron chi connectivity index (χ4n) is 3.76. The fraction of sp³-hybridized carbons (Fsp3) is 0.231. The van der Waals surface area contributed by atoms with Crippen molar-refractivity contribution in [1.29, 1.82) is 0 Å². The molecule has 0 saturated carbocycles. The molecule has 1 unspecified atom stereocenters. The van der Waals surface area contributed by atoms with E-state index in [4.69, 9.17) is 4.74 Å². The molecule has 0 aliphatic rings. The van der Waals surface area contributed by atoms with Crippen LogP contribution in [0.25, 0.3) is 10.9 Å². The minimum absolute atomic E-state index is 0.0341. The summed E-state index contributed by atoms with van der Waals surface area (Å²) < 4.78 is 7.02. The number of hydrogen-bond donors (Lipinski definition) is 2. The van der Waals surface area contributed by atoms with E-state index in [2.05, 4.69) is 44.2 Å². The van der Waals surface area contributed by atoms with Crippen molar-refractivity contribution in [3.05, 3.63) is 92.7 Å². The van der Waals surface area contributed by atoms with Gasteiger partial charge in [-0.1, -0.05) is 48.5 Å². The van der Waals surface area contributed by atoms with Crippen LogP contribution < -0.4 is 10.1 Å². The maximum Gasteiger partial charge on any atom is 0.225 e. The van der Waals surface area contributed by atoms with Crippen molar-refractivity contribution >= 4 is 39.4 Å². The molecule has 0 fully saturated rings. The van der Waals surface area contributed by atoms with Gasteiger partial charge in [-0.05, 0) is 78.3 Å². The number of benzene rings is 3. The number of ether oxygens (including phenoxy) is 1. The molecule has 0 radical (unpaired) electrons. The smallest absolute Gasteiger partial charge is 0.225 e. The van der Waals surface area contributed by atoms with Gasteiger partial charge in [-0.2, -0.15) is 5.10 Å². The number of carbonyl (C=O) groups is 1. The summed E-state index contributed by atoms with van der Waals surface area (Å²) in [5, 5.41) is 11.5. The molecule has 3 aromatic carbocycles. The standard InChI is InChI=1S/C26H26IN3O2/c1-16(2)32-23-13-17(3)9-11-20(23)25(19-7-5-4-6-8-19)28-24(31)15-18-10-12-22-21(14-18)26(27)30-29-22/h4-14,16,25H,15H2,1-3H3,(H,28,31)(H,29,30). The summed E-state index contributed by atoms with van der Waals surface area (Å²) in [6, 6.07) is 21.8. The van der Waals surface area contributed by atoms with Crippen LogP contribution in [-0.4, -0.2) is 22.2 Å². The largest absolute Gasteiger partial charge is 0.491 e. The van der Waals surface area contributed by atoms with E-state index in [9.17, 15) is 4.79 Å². The number of aromatic amines is 1. The van der Waals surface area contributed by atoms with E-state index in [1.54, 1.807) is 0 Å². The Morgan fingerprint density at radius 3 is 2.62 bits per heavy atom. The highest BCUT2D eigenvalue weighted by Gasteiger charge is 2.21. The van der Waals surface area contributed by atoms with Crippen molar-refractivity contribution < 1.29 is 9.53 Å². The lowest BCUT2D eigenvalue weighted by Gasteiger charge is -2.24. The second kappa shape index (κ2) is 9.73. The molecule has 0 bridgehead atoms. The summed E-state index contributed by atoms with van der Waals surface area (Å²) in [5.74, 6) is 0.747. The molecule has 32 heavy (non-hydrogen) atoms. The Hall–Kier alpha value is -2.87. The average molecular weight is 539 g/mol. The second-order valence-electron chi connectivity index (χ2n) is 8.19.